The molecular weight excluding hydrogens is 170 g/mol. The fourth-order valence-corrected chi connectivity index (χ4v) is 1.99. The number of nitrogens with two attached hydrogens (primary N) is 1. The van der Waals surface area contributed by atoms with Crippen molar-refractivity contribution < 1.29 is 0 Å². The van der Waals surface area contributed by atoms with Gasteiger partial charge in [0.1, 0.15) is 0 Å². The van der Waals surface area contributed by atoms with E-state index < -0.39 is 0 Å². The zero-order chi connectivity index (χ0) is 9.80. The lowest BCUT2D eigenvalue weighted by molar-refractivity contribution is 0.704. The van der Waals surface area contributed by atoms with E-state index in [1.807, 2.05) is 6.08 Å². The normalized spacial score (nSPS) is 19.9. The number of benzene rings is 1. The van der Waals surface area contributed by atoms with Crippen LogP contribution in [0.3, 0.4) is 0 Å². The van der Waals surface area contributed by atoms with E-state index in [1.54, 1.807) is 6.20 Å². The summed E-state index contributed by atoms with van der Waals surface area (Å²) >= 11 is 0. The average Bonchev–Trinajstić information content (AvgIpc) is 2.26. The van der Waals surface area contributed by atoms with Gasteiger partial charge in [-0.05, 0) is 36.1 Å². The highest BCUT2D eigenvalue weighted by atomic mass is 14.5. The van der Waals surface area contributed by atoms with Crippen LogP contribution in [0.4, 0.5) is 0 Å². The van der Waals surface area contributed by atoms with E-state index >= 15 is 0 Å². The molecule has 1 aliphatic carbocycles. The van der Waals surface area contributed by atoms with E-state index in [1.165, 1.54) is 11.1 Å². The topological polar surface area (TPSA) is 26.0 Å². The molecule has 1 aliphatic rings. The number of fused-ring (bicyclic) bond motifs is 1. The van der Waals surface area contributed by atoms with Crippen LogP contribution < -0.4 is 5.73 Å². The Hall–Kier alpha value is -1.50. The van der Waals surface area contributed by atoms with Crippen molar-refractivity contribution in [1.29, 1.82) is 0 Å². The second-order valence-electron chi connectivity index (χ2n) is 3.63. The molecule has 0 bridgehead atoms. The van der Waals surface area contributed by atoms with E-state index in [0.29, 0.717) is 5.92 Å². The van der Waals surface area contributed by atoms with Crippen molar-refractivity contribution >= 4 is 6.08 Å². The fourth-order valence-electron chi connectivity index (χ4n) is 1.99. The number of rotatable bonds is 2. The number of hydrogen-bond acceptors (Lipinski definition) is 1. The summed E-state index contributed by atoms with van der Waals surface area (Å²) in [4.78, 5) is 0. The summed E-state index contributed by atoms with van der Waals surface area (Å²) in [5.74, 6) is 0.607. The molecule has 2 rings (SSSR count). The van der Waals surface area contributed by atoms with E-state index in [0.717, 1.165) is 12.8 Å². The van der Waals surface area contributed by atoms with E-state index in [4.69, 9.17) is 5.73 Å². The molecule has 1 heteroatoms. The molecule has 0 spiro atoms. The Morgan fingerprint density at radius 1 is 1.36 bits per heavy atom. The first-order valence-electron chi connectivity index (χ1n) is 5.04. The third kappa shape index (κ3) is 1.72. The average molecular weight is 185 g/mol. The first-order chi connectivity index (χ1) is 6.92. The molecule has 0 radical (unpaired) electrons. The first-order valence-corrected chi connectivity index (χ1v) is 5.04. The minimum atomic E-state index is 0.607. The second-order valence-corrected chi connectivity index (χ2v) is 3.63. The fraction of sp³-hybridized carbons (Fsp3) is 0.231. The predicted octanol–water partition coefficient (Wildman–Crippen LogP) is 3.05. The molecule has 0 amide bonds. The van der Waals surface area contributed by atoms with Gasteiger partial charge in [-0.25, -0.2) is 0 Å². The molecule has 2 N–H and O–H groups in total. The Kier molecular flexibility index (Phi) is 2.68. The smallest absolute Gasteiger partial charge is 0.00861 e. The van der Waals surface area contributed by atoms with Crippen LogP contribution in [0, 0.1) is 0 Å². The van der Waals surface area contributed by atoms with Gasteiger partial charge in [-0.2, -0.15) is 0 Å². The molecule has 0 aromatic heterocycles. The van der Waals surface area contributed by atoms with Gasteiger partial charge in [0.05, 0.1) is 0 Å². The van der Waals surface area contributed by atoms with Gasteiger partial charge in [-0.1, -0.05) is 42.5 Å². The maximum absolute atomic E-state index is 5.37. The lowest BCUT2D eigenvalue weighted by atomic mass is 9.85. The zero-order valence-corrected chi connectivity index (χ0v) is 8.19. The molecule has 72 valence electrons. The standard InChI is InChI=1S/C13H15N/c14-10-4-8-12-7-3-6-11-5-1-2-9-13(11)12/h1-6,9-10,12H,7-8,14H2. The van der Waals surface area contributed by atoms with Crippen LogP contribution in [-0.2, 0) is 0 Å². The molecule has 1 unspecified atom stereocenters. The lowest BCUT2D eigenvalue weighted by Gasteiger charge is -2.20. The SMILES string of the molecule is NC=CCC1CC=Cc2ccccc21. The predicted molar refractivity (Wildman–Crippen MR) is 60.8 cm³/mol. The van der Waals surface area contributed by atoms with Crippen LogP contribution in [-0.4, -0.2) is 0 Å². The highest BCUT2D eigenvalue weighted by Crippen LogP contribution is 2.31. The highest BCUT2D eigenvalue weighted by Gasteiger charge is 2.14. The molecular formula is C13H15N. The van der Waals surface area contributed by atoms with Gasteiger partial charge in [0.15, 0.2) is 0 Å². The second kappa shape index (κ2) is 4.14. The van der Waals surface area contributed by atoms with Crippen molar-refractivity contribution in [3.8, 4) is 0 Å². The summed E-state index contributed by atoms with van der Waals surface area (Å²) in [5, 5.41) is 0. The van der Waals surface area contributed by atoms with Crippen LogP contribution in [0.1, 0.15) is 29.9 Å². The third-order valence-electron chi connectivity index (χ3n) is 2.71. The summed E-state index contributed by atoms with van der Waals surface area (Å²) in [5.41, 5.74) is 8.17. The van der Waals surface area contributed by atoms with Crippen LogP contribution in [0.25, 0.3) is 6.08 Å². The Morgan fingerprint density at radius 3 is 3.07 bits per heavy atom. The number of allylic oxidation sites excluding steroid dienone is 2. The molecule has 0 aliphatic heterocycles. The van der Waals surface area contributed by atoms with E-state index in [9.17, 15) is 0 Å². The maximum Gasteiger partial charge on any atom is -0.00861 e. The van der Waals surface area contributed by atoms with Gasteiger partial charge in [0, 0.05) is 0 Å². The number of hydrogen-bond donors (Lipinski definition) is 1. The van der Waals surface area contributed by atoms with Gasteiger partial charge in [-0.3, -0.25) is 0 Å². The van der Waals surface area contributed by atoms with Crippen molar-refractivity contribution in [2.75, 3.05) is 0 Å². The quantitative estimate of drug-likeness (QED) is 0.753. The molecule has 0 fully saturated rings. The molecule has 1 nitrogen and oxygen atoms in total. The summed E-state index contributed by atoms with van der Waals surface area (Å²) in [6.45, 7) is 0. The van der Waals surface area contributed by atoms with Crippen molar-refractivity contribution in [2.24, 2.45) is 5.73 Å². The van der Waals surface area contributed by atoms with Crippen molar-refractivity contribution in [2.45, 2.75) is 18.8 Å². The van der Waals surface area contributed by atoms with Gasteiger partial charge < -0.3 is 5.73 Å². The molecule has 0 heterocycles. The van der Waals surface area contributed by atoms with Crippen molar-refractivity contribution in [3.63, 3.8) is 0 Å². The van der Waals surface area contributed by atoms with Gasteiger partial charge in [0.25, 0.3) is 0 Å². The maximum atomic E-state index is 5.37. The molecule has 1 atom stereocenters. The lowest BCUT2D eigenvalue weighted by Crippen LogP contribution is -2.02. The zero-order valence-electron chi connectivity index (χ0n) is 8.19. The highest BCUT2D eigenvalue weighted by molar-refractivity contribution is 5.57. The van der Waals surface area contributed by atoms with Crippen LogP contribution >= 0.6 is 0 Å². The van der Waals surface area contributed by atoms with Gasteiger partial charge in [-0.15, -0.1) is 0 Å². The van der Waals surface area contributed by atoms with Gasteiger partial charge >= 0.3 is 0 Å². The molecule has 0 saturated heterocycles. The molecule has 1 aromatic rings. The largest absolute Gasteiger partial charge is 0.405 e. The molecule has 1 aromatic carbocycles. The minimum Gasteiger partial charge on any atom is -0.405 e. The minimum absolute atomic E-state index is 0.607. The first kappa shape index (κ1) is 9.07. The molecule has 14 heavy (non-hydrogen) atoms. The van der Waals surface area contributed by atoms with E-state index in [2.05, 4.69) is 36.4 Å². The summed E-state index contributed by atoms with van der Waals surface area (Å²) in [6.07, 6.45) is 10.3. The van der Waals surface area contributed by atoms with E-state index in [-0.39, 0.29) is 0 Å². The Bertz CT molecular complexity index is 363. The Morgan fingerprint density at radius 2 is 2.21 bits per heavy atom. The van der Waals surface area contributed by atoms with Crippen LogP contribution in [0.2, 0.25) is 0 Å². The summed E-state index contributed by atoms with van der Waals surface area (Å²) in [6, 6.07) is 8.58. The Labute approximate surface area is 84.9 Å². The summed E-state index contributed by atoms with van der Waals surface area (Å²) in [7, 11) is 0. The Balaban J connectivity index is 2.26. The third-order valence-corrected chi connectivity index (χ3v) is 2.71. The van der Waals surface area contributed by atoms with Crippen LogP contribution in [0.15, 0.2) is 42.6 Å². The molecule has 0 saturated carbocycles. The van der Waals surface area contributed by atoms with Crippen molar-refractivity contribution in [3.05, 3.63) is 53.7 Å². The monoisotopic (exact) mass is 185 g/mol. The van der Waals surface area contributed by atoms with Crippen molar-refractivity contribution in [1.82, 2.24) is 0 Å². The van der Waals surface area contributed by atoms with Crippen LogP contribution in [0.5, 0.6) is 0 Å². The van der Waals surface area contributed by atoms with Gasteiger partial charge in [0.2, 0.25) is 0 Å². The summed E-state index contributed by atoms with van der Waals surface area (Å²) < 4.78 is 0.